The largest absolute Gasteiger partial charge is 0.391 e. The smallest absolute Gasteiger partial charge is 0.316 e. The number of carbonyl (C=O) groups excluding carboxylic acids is 2. The van der Waals surface area contributed by atoms with Crippen LogP contribution in [-0.4, -0.2) is 41.1 Å². The third-order valence-corrected chi connectivity index (χ3v) is 2.85. The lowest BCUT2D eigenvalue weighted by Crippen LogP contribution is -2.29. The Labute approximate surface area is 104 Å². The zero-order valence-corrected chi connectivity index (χ0v) is 9.80. The molecular formula is C12H15N3O3. The number of β-amino-alcohol motifs (C(OH)–C–C–N with tert-alkyl or cyclic N) is 1. The summed E-state index contributed by atoms with van der Waals surface area (Å²) in [6.45, 7) is 0.946. The number of aliphatic hydroxyl groups is 1. The third kappa shape index (κ3) is 2.78. The molecule has 1 aliphatic rings. The SMILES string of the molecule is NC(=O)Nc1ccc(C(=O)N2CCC(O)C2)cc1. The molecule has 1 aliphatic heterocycles. The van der Waals surface area contributed by atoms with Crippen molar-refractivity contribution in [1.29, 1.82) is 0 Å². The van der Waals surface area contributed by atoms with Crippen LogP contribution in [0.3, 0.4) is 0 Å². The first-order valence-electron chi connectivity index (χ1n) is 5.70. The van der Waals surface area contributed by atoms with Crippen molar-refractivity contribution in [1.82, 2.24) is 4.90 Å². The van der Waals surface area contributed by atoms with E-state index in [1.807, 2.05) is 0 Å². The van der Waals surface area contributed by atoms with E-state index in [0.29, 0.717) is 30.8 Å². The number of amides is 3. The van der Waals surface area contributed by atoms with Gasteiger partial charge in [-0.2, -0.15) is 0 Å². The number of nitrogens with one attached hydrogen (secondary N) is 1. The van der Waals surface area contributed by atoms with Gasteiger partial charge in [-0.05, 0) is 30.7 Å². The van der Waals surface area contributed by atoms with Gasteiger partial charge in [-0.25, -0.2) is 4.79 Å². The molecule has 1 saturated heterocycles. The van der Waals surface area contributed by atoms with Crippen LogP contribution in [0.2, 0.25) is 0 Å². The first-order valence-corrected chi connectivity index (χ1v) is 5.70. The fourth-order valence-electron chi connectivity index (χ4n) is 1.95. The number of primary amides is 1. The second-order valence-electron chi connectivity index (χ2n) is 4.26. The molecule has 1 fully saturated rings. The Kier molecular flexibility index (Phi) is 3.47. The first-order chi connectivity index (χ1) is 8.56. The zero-order chi connectivity index (χ0) is 13.1. The number of carbonyl (C=O) groups is 2. The van der Waals surface area contributed by atoms with E-state index in [4.69, 9.17) is 5.73 Å². The van der Waals surface area contributed by atoms with Crippen molar-refractivity contribution < 1.29 is 14.7 Å². The maximum Gasteiger partial charge on any atom is 0.316 e. The van der Waals surface area contributed by atoms with Crippen LogP contribution in [0.4, 0.5) is 10.5 Å². The Morgan fingerprint density at radius 2 is 2.00 bits per heavy atom. The number of likely N-dealkylation sites (tertiary alicyclic amines) is 1. The average molecular weight is 249 g/mol. The number of urea groups is 1. The molecule has 96 valence electrons. The van der Waals surface area contributed by atoms with Crippen molar-refractivity contribution in [3.63, 3.8) is 0 Å². The molecule has 1 atom stereocenters. The highest BCUT2D eigenvalue weighted by Gasteiger charge is 2.25. The van der Waals surface area contributed by atoms with E-state index < -0.39 is 12.1 Å². The number of aliphatic hydroxyl groups excluding tert-OH is 1. The van der Waals surface area contributed by atoms with Crippen molar-refractivity contribution >= 4 is 17.6 Å². The highest BCUT2D eigenvalue weighted by molar-refractivity contribution is 5.95. The molecule has 6 heteroatoms. The van der Waals surface area contributed by atoms with Crippen LogP contribution in [0.15, 0.2) is 24.3 Å². The van der Waals surface area contributed by atoms with Gasteiger partial charge < -0.3 is 21.1 Å². The maximum atomic E-state index is 12.0. The number of nitrogens with zero attached hydrogens (tertiary/aromatic N) is 1. The average Bonchev–Trinajstić information content (AvgIpc) is 2.75. The topological polar surface area (TPSA) is 95.7 Å². The summed E-state index contributed by atoms with van der Waals surface area (Å²) in [7, 11) is 0. The van der Waals surface area contributed by atoms with Gasteiger partial charge in [0.05, 0.1) is 6.10 Å². The Morgan fingerprint density at radius 3 is 2.50 bits per heavy atom. The van der Waals surface area contributed by atoms with E-state index in [-0.39, 0.29) is 5.91 Å². The van der Waals surface area contributed by atoms with Gasteiger partial charge in [0, 0.05) is 24.3 Å². The van der Waals surface area contributed by atoms with Crippen molar-refractivity contribution in [2.24, 2.45) is 5.73 Å². The Morgan fingerprint density at radius 1 is 1.33 bits per heavy atom. The molecule has 0 saturated carbocycles. The molecule has 1 unspecified atom stereocenters. The van der Waals surface area contributed by atoms with Gasteiger partial charge >= 0.3 is 6.03 Å². The Hall–Kier alpha value is -2.08. The number of nitrogens with two attached hydrogens (primary N) is 1. The van der Waals surface area contributed by atoms with Gasteiger partial charge in [0.1, 0.15) is 0 Å². The molecule has 3 amide bonds. The lowest BCUT2D eigenvalue weighted by molar-refractivity contribution is 0.0765. The van der Waals surface area contributed by atoms with Crippen molar-refractivity contribution in [2.45, 2.75) is 12.5 Å². The first kappa shape index (κ1) is 12.4. The Balaban J connectivity index is 2.05. The van der Waals surface area contributed by atoms with Crippen LogP contribution in [0, 0.1) is 0 Å². The maximum absolute atomic E-state index is 12.0. The quantitative estimate of drug-likeness (QED) is 0.707. The molecule has 2 rings (SSSR count). The van der Waals surface area contributed by atoms with Crippen LogP contribution in [0.25, 0.3) is 0 Å². The normalized spacial score (nSPS) is 18.7. The van der Waals surface area contributed by atoms with E-state index in [1.165, 1.54) is 0 Å². The minimum atomic E-state index is -0.642. The minimum Gasteiger partial charge on any atom is -0.391 e. The highest BCUT2D eigenvalue weighted by Crippen LogP contribution is 2.15. The molecule has 0 radical (unpaired) electrons. The van der Waals surface area contributed by atoms with E-state index in [0.717, 1.165) is 0 Å². The predicted molar refractivity (Wildman–Crippen MR) is 66.2 cm³/mol. The number of hydrogen-bond donors (Lipinski definition) is 3. The van der Waals surface area contributed by atoms with Crippen LogP contribution in [0.5, 0.6) is 0 Å². The third-order valence-electron chi connectivity index (χ3n) is 2.85. The van der Waals surface area contributed by atoms with Crippen molar-refractivity contribution in [3.8, 4) is 0 Å². The Bertz CT molecular complexity index is 458. The number of hydrogen-bond acceptors (Lipinski definition) is 3. The predicted octanol–water partition coefficient (Wildman–Crippen LogP) is 0.384. The highest BCUT2D eigenvalue weighted by atomic mass is 16.3. The van der Waals surface area contributed by atoms with E-state index in [9.17, 15) is 14.7 Å². The standard InChI is InChI=1S/C12H15N3O3/c13-12(18)14-9-3-1-8(2-4-9)11(17)15-6-5-10(16)7-15/h1-4,10,16H,5-7H2,(H3,13,14,18). The van der Waals surface area contributed by atoms with Gasteiger partial charge in [0.15, 0.2) is 0 Å². The van der Waals surface area contributed by atoms with Crippen LogP contribution >= 0.6 is 0 Å². The second-order valence-corrected chi connectivity index (χ2v) is 4.26. The van der Waals surface area contributed by atoms with Crippen LogP contribution in [0.1, 0.15) is 16.8 Å². The van der Waals surface area contributed by atoms with Gasteiger partial charge in [0.25, 0.3) is 5.91 Å². The van der Waals surface area contributed by atoms with Crippen molar-refractivity contribution in [2.75, 3.05) is 18.4 Å². The summed E-state index contributed by atoms with van der Waals surface area (Å²) in [5, 5.41) is 11.8. The number of benzene rings is 1. The lowest BCUT2D eigenvalue weighted by Gasteiger charge is -2.15. The van der Waals surface area contributed by atoms with Crippen molar-refractivity contribution in [3.05, 3.63) is 29.8 Å². The summed E-state index contributed by atoms with van der Waals surface area (Å²) >= 11 is 0. The summed E-state index contributed by atoms with van der Waals surface area (Å²) in [6, 6.07) is 5.84. The van der Waals surface area contributed by atoms with Crippen LogP contribution < -0.4 is 11.1 Å². The molecule has 0 spiro atoms. The lowest BCUT2D eigenvalue weighted by atomic mass is 10.2. The summed E-state index contributed by atoms with van der Waals surface area (Å²) in [4.78, 5) is 24.3. The molecule has 4 N–H and O–H groups in total. The summed E-state index contributed by atoms with van der Waals surface area (Å²) in [5.41, 5.74) is 6.05. The monoisotopic (exact) mass is 249 g/mol. The molecule has 0 aliphatic carbocycles. The fourth-order valence-corrected chi connectivity index (χ4v) is 1.95. The molecule has 0 aromatic heterocycles. The van der Waals surface area contributed by atoms with Gasteiger partial charge in [-0.3, -0.25) is 4.79 Å². The fraction of sp³-hybridized carbons (Fsp3) is 0.333. The summed E-state index contributed by atoms with van der Waals surface area (Å²) in [5.74, 6) is -0.114. The van der Waals surface area contributed by atoms with E-state index >= 15 is 0 Å². The van der Waals surface area contributed by atoms with E-state index in [1.54, 1.807) is 29.2 Å². The zero-order valence-electron chi connectivity index (χ0n) is 9.80. The summed E-state index contributed by atoms with van der Waals surface area (Å²) in [6.07, 6.45) is 0.192. The molecule has 1 aromatic rings. The molecule has 1 heterocycles. The molecular weight excluding hydrogens is 234 g/mol. The van der Waals surface area contributed by atoms with Gasteiger partial charge in [-0.15, -0.1) is 0 Å². The van der Waals surface area contributed by atoms with Gasteiger partial charge in [-0.1, -0.05) is 0 Å². The number of anilines is 1. The molecule has 0 bridgehead atoms. The number of rotatable bonds is 2. The molecule has 18 heavy (non-hydrogen) atoms. The second kappa shape index (κ2) is 5.05. The van der Waals surface area contributed by atoms with E-state index in [2.05, 4.69) is 5.32 Å². The minimum absolute atomic E-state index is 0.114. The van der Waals surface area contributed by atoms with Crippen LogP contribution in [-0.2, 0) is 0 Å². The summed E-state index contributed by atoms with van der Waals surface area (Å²) < 4.78 is 0. The molecule has 6 nitrogen and oxygen atoms in total. The van der Waals surface area contributed by atoms with Gasteiger partial charge in [0.2, 0.25) is 0 Å². The molecule has 1 aromatic carbocycles.